The van der Waals surface area contributed by atoms with Gasteiger partial charge in [-0.1, -0.05) is 31.9 Å². The molecule has 0 bridgehead atoms. The first-order valence-corrected chi connectivity index (χ1v) is 6.15. The van der Waals surface area contributed by atoms with Gasteiger partial charge >= 0.3 is 0 Å². The zero-order valence-electron chi connectivity index (χ0n) is 11.1. The smallest absolute Gasteiger partial charge is 0.253 e. The molecule has 0 aliphatic carbocycles. The van der Waals surface area contributed by atoms with Crippen LogP contribution in [-0.4, -0.2) is 19.5 Å². The molecule has 0 aliphatic rings. The number of nitrogens with one attached hydrogen (secondary N) is 2. The normalized spacial score (nSPS) is 12.0. The van der Waals surface area contributed by atoms with E-state index in [1.165, 1.54) is 0 Å². The van der Waals surface area contributed by atoms with Gasteiger partial charge in [0.05, 0.1) is 5.56 Å². The fourth-order valence-electron chi connectivity index (χ4n) is 1.57. The lowest BCUT2D eigenvalue weighted by Gasteiger charge is -2.13. The average Bonchev–Trinajstić information content (AvgIpc) is 2.35. The summed E-state index contributed by atoms with van der Waals surface area (Å²) < 4.78 is 0. The molecule has 0 fully saturated rings. The molecule has 0 aromatic heterocycles. The number of aryl methyl sites for hydroxylation is 1. The topological polar surface area (TPSA) is 41.1 Å². The van der Waals surface area contributed by atoms with Gasteiger partial charge in [-0.25, -0.2) is 0 Å². The SMILES string of the molecule is CCC(C)CNC(=O)c1cc(C)ccc1NC. The molecule has 1 unspecified atom stereocenters. The van der Waals surface area contributed by atoms with E-state index in [9.17, 15) is 4.79 Å². The van der Waals surface area contributed by atoms with Crippen LogP contribution in [0.4, 0.5) is 5.69 Å². The third-order valence-corrected chi connectivity index (χ3v) is 3.00. The van der Waals surface area contributed by atoms with E-state index in [0.717, 1.165) is 29.8 Å². The molecule has 0 heterocycles. The largest absolute Gasteiger partial charge is 0.387 e. The molecule has 0 saturated carbocycles. The molecule has 1 rings (SSSR count). The fourth-order valence-corrected chi connectivity index (χ4v) is 1.57. The number of hydrogen-bond acceptors (Lipinski definition) is 2. The highest BCUT2D eigenvalue weighted by atomic mass is 16.1. The maximum Gasteiger partial charge on any atom is 0.253 e. The van der Waals surface area contributed by atoms with Crippen LogP contribution >= 0.6 is 0 Å². The highest BCUT2D eigenvalue weighted by Crippen LogP contribution is 2.16. The molecular formula is C14H22N2O. The van der Waals surface area contributed by atoms with Gasteiger partial charge in [-0.05, 0) is 25.0 Å². The number of carbonyl (C=O) groups excluding carboxylic acids is 1. The van der Waals surface area contributed by atoms with E-state index < -0.39 is 0 Å². The van der Waals surface area contributed by atoms with Crippen molar-refractivity contribution in [2.45, 2.75) is 27.2 Å². The minimum absolute atomic E-state index is 0.00153. The predicted octanol–water partition coefficient (Wildman–Crippen LogP) is 2.81. The van der Waals surface area contributed by atoms with E-state index in [1.807, 2.05) is 32.2 Å². The minimum atomic E-state index is -0.00153. The van der Waals surface area contributed by atoms with Crippen molar-refractivity contribution >= 4 is 11.6 Å². The van der Waals surface area contributed by atoms with E-state index in [-0.39, 0.29) is 5.91 Å². The summed E-state index contributed by atoms with van der Waals surface area (Å²) in [6, 6.07) is 5.85. The summed E-state index contributed by atoms with van der Waals surface area (Å²) in [5.41, 5.74) is 2.69. The Morgan fingerprint density at radius 2 is 2.12 bits per heavy atom. The Labute approximate surface area is 104 Å². The number of rotatable bonds is 5. The zero-order valence-corrected chi connectivity index (χ0v) is 11.1. The van der Waals surface area contributed by atoms with Crippen LogP contribution in [-0.2, 0) is 0 Å². The van der Waals surface area contributed by atoms with Gasteiger partial charge in [-0.3, -0.25) is 4.79 Å². The Morgan fingerprint density at radius 3 is 2.71 bits per heavy atom. The monoisotopic (exact) mass is 234 g/mol. The van der Waals surface area contributed by atoms with Crippen LogP contribution in [0.5, 0.6) is 0 Å². The lowest BCUT2D eigenvalue weighted by atomic mass is 10.1. The number of carbonyl (C=O) groups is 1. The van der Waals surface area contributed by atoms with Crippen LogP contribution in [0.25, 0.3) is 0 Å². The Morgan fingerprint density at radius 1 is 1.41 bits per heavy atom. The highest BCUT2D eigenvalue weighted by molar-refractivity contribution is 5.99. The second kappa shape index (κ2) is 6.28. The van der Waals surface area contributed by atoms with Crippen LogP contribution in [0.3, 0.4) is 0 Å². The molecule has 17 heavy (non-hydrogen) atoms. The van der Waals surface area contributed by atoms with Crippen molar-refractivity contribution in [3.05, 3.63) is 29.3 Å². The van der Waals surface area contributed by atoms with E-state index in [0.29, 0.717) is 5.92 Å². The van der Waals surface area contributed by atoms with Crippen LogP contribution < -0.4 is 10.6 Å². The van der Waals surface area contributed by atoms with Gasteiger partial charge in [-0.15, -0.1) is 0 Å². The first-order chi connectivity index (χ1) is 8.08. The van der Waals surface area contributed by atoms with Crippen molar-refractivity contribution in [3.8, 4) is 0 Å². The summed E-state index contributed by atoms with van der Waals surface area (Å²) in [6.45, 7) is 6.98. The van der Waals surface area contributed by atoms with Crippen molar-refractivity contribution in [1.82, 2.24) is 5.32 Å². The van der Waals surface area contributed by atoms with Gasteiger partial charge < -0.3 is 10.6 Å². The van der Waals surface area contributed by atoms with Gasteiger partial charge in [0.1, 0.15) is 0 Å². The van der Waals surface area contributed by atoms with E-state index >= 15 is 0 Å². The van der Waals surface area contributed by atoms with Crippen LogP contribution in [0.2, 0.25) is 0 Å². The summed E-state index contributed by atoms with van der Waals surface area (Å²) in [5, 5.41) is 6.02. The fraction of sp³-hybridized carbons (Fsp3) is 0.500. The number of amides is 1. The number of benzene rings is 1. The quantitative estimate of drug-likeness (QED) is 0.822. The molecule has 94 valence electrons. The van der Waals surface area contributed by atoms with Crippen LogP contribution in [0, 0.1) is 12.8 Å². The standard InChI is InChI=1S/C14H22N2O/c1-5-10(2)9-16-14(17)12-8-11(3)6-7-13(12)15-4/h6-8,10,15H,5,9H2,1-4H3,(H,16,17). The molecule has 0 spiro atoms. The first-order valence-electron chi connectivity index (χ1n) is 6.15. The Bertz CT molecular complexity index is 388. The summed E-state index contributed by atoms with van der Waals surface area (Å²) in [6.07, 6.45) is 1.08. The molecule has 1 atom stereocenters. The van der Waals surface area contributed by atoms with Gasteiger partial charge in [0.2, 0.25) is 0 Å². The van der Waals surface area contributed by atoms with Crippen molar-refractivity contribution in [3.63, 3.8) is 0 Å². The van der Waals surface area contributed by atoms with Crippen molar-refractivity contribution in [2.24, 2.45) is 5.92 Å². The van der Waals surface area contributed by atoms with Gasteiger partial charge in [0.15, 0.2) is 0 Å². The average molecular weight is 234 g/mol. The van der Waals surface area contributed by atoms with Crippen LogP contribution in [0.15, 0.2) is 18.2 Å². The Balaban J connectivity index is 2.77. The molecule has 0 aliphatic heterocycles. The molecular weight excluding hydrogens is 212 g/mol. The van der Waals surface area contributed by atoms with Crippen molar-refractivity contribution in [1.29, 1.82) is 0 Å². The second-order valence-electron chi connectivity index (χ2n) is 4.52. The van der Waals surface area contributed by atoms with Crippen molar-refractivity contribution in [2.75, 3.05) is 18.9 Å². The Kier molecular flexibility index (Phi) is 5.01. The second-order valence-corrected chi connectivity index (χ2v) is 4.52. The summed E-state index contributed by atoms with van der Waals surface area (Å²) in [5.74, 6) is 0.514. The maximum absolute atomic E-state index is 12.0. The number of hydrogen-bond donors (Lipinski definition) is 2. The molecule has 1 aromatic rings. The predicted molar refractivity (Wildman–Crippen MR) is 72.5 cm³/mol. The van der Waals surface area contributed by atoms with E-state index in [2.05, 4.69) is 24.5 Å². The highest BCUT2D eigenvalue weighted by Gasteiger charge is 2.11. The molecule has 2 N–H and O–H groups in total. The Hall–Kier alpha value is -1.51. The van der Waals surface area contributed by atoms with Crippen molar-refractivity contribution < 1.29 is 4.79 Å². The van der Waals surface area contributed by atoms with E-state index in [4.69, 9.17) is 0 Å². The third-order valence-electron chi connectivity index (χ3n) is 3.00. The summed E-state index contributed by atoms with van der Waals surface area (Å²) in [4.78, 5) is 12.0. The summed E-state index contributed by atoms with van der Waals surface area (Å²) >= 11 is 0. The minimum Gasteiger partial charge on any atom is -0.387 e. The molecule has 3 nitrogen and oxygen atoms in total. The molecule has 0 radical (unpaired) electrons. The zero-order chi connectivity index (χ0) is 12.8. The maximum atomic E-state index is 12.0. The number of anilines is 1. The summed E-state index contributed by atoms with van der Waals surface area (Å²) in [7, 11) is 1.83. The molecule has 1 aromatic carbocycles. The lowest BCUT2D eigenvalue weighted by Crippen LogP contribution is -2.28. The van der Waals surface area contributed by atoms with E-state index in [1.54, 1.807) is 0 Å². The van der Waals surface area contributed by atoms with Gasteiger partial charge in [0, 0.05) is 19.3 Å². The van der Waals surface area contributed by atoms with Crippen LogP contribution in [0.1, 0.15) is 36.2 Å². The molecule has 1 amide bonds. The lowest BCUT2D eigenvalue weighted by molar-refractivity contribution is 0.0948. The molecule has 3 heteroatoms. The van der Waals surface area contributed by atoms with Gasteiger partial charge in [0.25, 0.3) is 5.91 Å². The first kappa shape index (κ1) is 13.6. The van der Waals surface area contributed by atoms with Gasteiger partial charge in [-0.2, -0.15) is 0 Å². The third kappa shape index (κ3) is 3.77. The molecule has 0 saturated heterocycles.